The number of benzene rings is 2. The molecule has 0 unspecified atom stereocenters. The van der Waals surface area contributed by atoms with Crippen LogP contribution in [0.1, 0.15) is 42.6 Å². The lowest BCUT2D eigenvalue weighted by Gasteiger charge is -2.54. The van der Waals surface area contributed by atoms with E-state index in [4.69, 9.17) is 21.1 Å². The molecule has 2 fully saturated rings. The minimum absolute atomic E-state index is 0.436. The van der Waals surface area contributed by atoms with Crippen LogP contribution in [0.25, 0.3) is 0 Å². The molecule has 0 amide bonds. The van der Waals surface area contributed by atoms with Gasteiger partial charge in [-0.15, -0.1) is 0 Å². The predicted octanol–water partition coefficient (Wildman–Crippen LogP) is 3.22. The maximum atomic E-state index is 10.5. The fourth-order valence-electron chi connectivity index (χ4n) is 4.11. The van der Waals surface area contributed by atoms with Crippen molar-refractivity contribution in [2.75, 3.05) is 6.61 Å². The van der Waals surface area contributed by atoms with Crippen molar-refractivity contribution < 1.29 is 24.8 Å². The highest BCUT2D eigenvalue weighted by Crippen LogP contribution is 2.51. The van der Waals surface area contributed by atoms with E-state index >= 15 is 0 Å². The number of aliphatic hydroxyl groups excluding tert-OH is 2. The van der Waals surface area contributed by atoms with Gasteiger partial charge >= 0.3 is 0 Å². The third kappa shape index (κ3) is 3.53. The summed E-state index contributed by atoms with van der Waals surface area (Å²) in [4.78, 5) is 0. The third-order valence-electron chi connectivity index (χ3n) is 5.82. The van der Waals surface area contributed by atoms with Crippen LogP contribution in [0.3, 0.4) is 0 Å². The zero-order valence-electron chi connectivity index (χ0n) is 15.7. The quantitative estimate of drug-likeness (QED) is 0.713. The topological polar surface area (TPSA) is 79.2 Å². The average Bonchev–Trinajstić information content (AvgIpc) is 2.67. The minimum Gasteiger partial charge on any atom is -0.494 e. The highest BCUT2D eigenvalue weighted by atomic mass is 35.5. The molecule has 1 saturated carbocycles. The summed E-state index contributed by atoms with van der Waals surface area (Å²) in [5.41, 5.74) is 2.65. The summed E-state index contributed by atoms with van der Waals surface area (Å²) in [6, 6.07) is 13.2. The summed E-state index contributed by atoms with van der Waals surface area (Å²) >= 11 is 6.39. The molecular weight excluding hydrogens is 380 g/mol. The molecule has 0 bridgehead atoms. The Labute approximate surface area is 169 Å². The van der Waals surface area contributed by atoms with Gasteiger partial charge in [0.15, 0.2) is 5.79 Å². The molecule has 1 saturated heterocycles. The molecule has 150 valence electrons. The number of rotatable bonds is 5. The Hall–Kier alpha value is -1.63. The Bertz CT molecular complexity index is 839. The Morgan fingerprint density at radius 1 is 1.14 bits per heavy atom. The van der Waals surface area contributed by atoms with E-state index in [1.165, 1.54) is 0 Å². The van der Waals surface area contributed by atoms with Crippen LogP contribution in [0, 0.1) is 5.92 Å². The number of halogens is 1. The molecule has 1 aliphatic carbocycles. The lowest BCUT2D eigenvalue weighted by Crippen LogP contribution is -2.63. The molecule has 2 aliphatic rings. The fourth-order valence-corrected chi connectivity index (χ4v) is 4.30. The van der Waals surface area contributed by atoms with Gasteiger partial charge in [0.2, 0.25) is 0 Å². The Kier molecular flexibility index (Phi) is 5.38. The smallest absolute Gasteiger partial charge is 0.171 e. The number of aliphatic hydroxyl groups is 3. The summed E-state index contributed by atoms with van der Waals surface area (Å²) in [5.74, 6) is -0.977. The van der Waals surface area contributed by atoms with Crippen molar-refractivity contribution in [2.45, 2.75) is 50.3 Å². The van der Waals surface area contributed by atoms with Crippen molar-refractivity contribution >= 4 is 11.6 Å². The zero-order valence-corrected chi connectivity index (χ0v) is 16.5. The Morgan fingerprint density at radius 3 is 2.54 bits per heavy atom. The van der Waals surface area contributed by atoms with Crippen LogP contribution in [0.4, 0.5) is 0 Å². The molecule has 0 radical (unpaired) electrons. The number of fused-ring (bicyclic) bond motifs is 1. The number of ether oxygens (including phenoxy) is 2. The largest absolute Gasteiger partial charge is 0.494 e. The van der Waals surface area contributed by atoms with Gasteiger partial charge in [0.05, 0.1) is 12.7 Å². The van der Waals surface area contributed by atoms with Gasteiger partial charge in [-0.3, -0.25) is 0 Å². The van der Waals surface area contributed by atoms with Crippen molar-refractivity contribution in [2.24, 2.45) is 5.92 Å². The van der Waals surface area contributed by atoms with Gasteiger partial charge in [0.1, 0.15) is 18.0 Å². The highest BCUT2D eigenvalue weighted by molar-refractivity contribution is 6.31. The summed E-state index contributed by atoms with van der Waals surface area (Å²) in [5, 5.41) is 32.1. The lowest BCUT2D eigenvalue weighted by molar-refractivity contribution is -0.372. The summed E-state index contributed by atoms with van der Waals surface area (Å²) in [6.07, 6.45) is -1.19. The summed E-state index contributed by atoms with van der Waals surface area (Å²) < 4.78 is 11.3. The van der Waals surface area contributed by atoms with Gasteiger partial charge in [0, 0.05) is 17.4 Å². The van der Waals surface area contributed by atoms with Gasteiger partial charge in [0.25, 0.3) is 0 Å². The van der Waals surface area contributed by atoms with E-state index in [9.17, 15) is 15.3 Å². The second-order valence-corrected chi connectivity index (χ2v) is 8.02. The van der Waals surface area contributed by atoms with E-state index in [0.29, 0.717) is 36.5 Å². The molecular formula is C22H25ClO5. The van der Waals surface area contributed by atoms with Gasteiger partial charge in [-0.2, -0.15) is 0 Å². The van der Waals surface area contributed by atoms with E-state index in [1.807, 2.05) is 37.3 Å². The number of hydrogen-bond donors (Lipinski definition) is 3. The van der Waals surface area contributed by atoms with E-state index in [1.54, 1.807) is 12.1 Å². The van der Waals surface area contributed by atoms with Crippen LogP contribution >= 0.6 is 11.6 Å². The fraction of sp³-hybridized carbons (Fsp3) is 0.455. The molecule has 0 aromatic heterocycles. The molecule has 2 aromatic carbocycles. The second kappa shape index (κ2) is 7.65. The van der Waals surface area contributed by atoms with Crippen LogP contribution < -0.4 is 4.74 Å². The summed E-state index contributed by atoms with van der Waals surface area (Å²) in [6.45, 7) is 2.57. The molecule has 2 aromatic rings. The normalized spacial score (nSPS) is 31.8. The van der Waals surface area contributed by atoms with Crippen molar-refractivity contribution in [3.05, 3.63) is 64.2 Å². The van der Waals surface area contributed by atoms with Crippen LogP contribution in [0.15, 0.2) is 42.5 Å². The second-order valence-electron chi connectivity index (χ2n) is 7.61. The molecule has 1 heterocycles. The van der Waals surface area contributed by atoms with Crippen LogP contribution in [0.5, 0.6) is 5.75 Å². The van der Waals surface area contributed by atoms with Crippen molar-refractivity contribution in [3.8, 4) is 5.75 Å². The first kappa shape index (κ1) is 19.7. The first-order valence-electron chi connectivity index (χ1n) is 9.67. The maximum Gasteiger partial charge on any atom is 0.171 e. The van der Waals surface area contributed by atoms with E-state index in [0.717, 1.165) is 16.9 Å². The monoisotopic (exact) mass is 404 g/mol. The van der Waals surface area contributed by atoms with Crippen molar-refractivity contribution in [1.29, 1.82) is 0 Å². The van der Waals surface area contributed by atoms with E-state index in [-0.39, 0.29) is 0 Å². The molecule has 3 N–H and O–H groups in total. The molecule has 6 heteroatoms. The third-order valence-corrected chi connectivity index (χ3v) is 6.19. The molecule has 5 nitrogen and oxygen atoms in total. The first-order chi connectivity index (χ1) is 13.4. The van der Waals surface area contributed by atoms with Gasteiger partial charge in [-0.1, -0.05) is 35.9 Å². The predicted molar refractivity (Wildman–Crippen MR) is 105 cm³/mol. The standard InChI is InChI=1S/C22H25ClO5/c1-2-27-16-6-3-13(4-7-16)11-15-12-14(5-8-18(15)23)21-20(25)19(24)17-9-10-22(17,26)28-21/h3-8,12,17,19-21,24-26H,2,9-11H2,1H3/t17-,19+,20-,21+,22-/m1/s1. The first-order valence-corrected chi connectivity index (χ1v) is 10.1. The van der Waals surface area contributed by atoms with Crippen LogP contribution in [-0.2, 0) is 11.2 Å². The lowest BCUT2D eigenvalue weighted by atomic mass is 9.69. The highest BCUT2D eigenvalue weighted by Gasteiger charge is 2.58. The molecule has 1 aliphatic heterocycles. The minimum atomic E-state index is -1.36. The molecule has 0 spiro atoms. The van der Waals surface area contributed by atoms with Crippen LogP contribution in [0.2, 0.25) is 5.02 Å². The molecule has 5 atom stereocenters. The van der Waals surface area contributed by atoms with Crippen LogP contribution in [-0.4, -0.2) is 39.9 Å². The SMILES string of the molecule is CCOc1ccc(Cc2cc([C@@H]3O[C@]4(O)CC[C@@H]4[C@H](O)[C@H]3O)ccc2Cl)cc1. The molecule has 28 heavy (non-hydrogen) atoms. The zero-order chi connectivity index (χ0) is 19.9. The van der Waals surface area contributed by atoms with Crippen molar-refractivity contribution in [1.82, 2.24) is 0 Å². The van der Waals surface area contributed by atoms with Gasteiger partial charge in [-0.05, 0) is 54.7 Å². The van der Waals surface area contributed by atoms with Gasteiger partial charge in [-0.25, -0.2) is 0 Å². The van der Waals surface area contributed by atoms with Crippen molar-refractivity contribution in [3.63, 3.8) is 0 Å². The molecule has 4 rings (SSSR count). The Balaban J connectivity index is 1.56. The summed E-state index contributed by atoms with van der Waals surface area (Å²) in [7, 11) is 0. The van der Waals surface area contributed by atoms with E-state index < -0.39 is 30.0 Å². The van der Waals surface area contributed by atoms with Gasteiger partial charge < -0.3 is 24.8 Å². The average molecular weight is 405 g/mol. The maximum absolute atomic E-state index is 10.5. The Morgan fingerprint density at radius 2 is 1.89 bits per heavy atom. The van der Waals surface area contributed by atoms with E-state index in [2.05, 4.69) is 0 Å². The number of hydrogen-bond acceptors (Lipinski definition) is 5.